The van der Waals surface area contributed by atoms with Crippen molar-refractivity contribution in [1.29, 1.82) is 0 Å². The van der Waals surface area contributed by atoms with Gasteiger partial charge >= 0.3 is 0 Å². The number of carbonyl (C=O) groups excluding carboxylic acids is 2. The molecule has 4 heterocycles. The number of amides is 2. The van der Waals surface area contributed by atoms with E-state index in [4.69, 9.17) is 0 Å². The van der Waals surface area contributed by atoms with Gasteiger partial charge in [-0.1, -0.05) is 30.3 Å². The Bertz CT molecular complexity index is 1600. The predicted molar refractivity (Wildman–Crippen MR) is 123 cm³/mol. The molecule has 2 aromatic carbocycles. The Morgan fingerprint density at radius 1 is 0.812 bits per heavy atom. The first kappa shape index (κ1) is 18.4. The molecular formula is C25H19N5O2. The first-order chi connectivity index (χ1) is 15.5. The van der Waals surface area contributed by atoms with Gasteiger partial charge in [0.2, 0.25) is 0 Å². The summed E-state index contributed by atoms with van der Waals surface area (Å²) in [5.74, 6) is 0.0326. The van der Waals surface area contributed by atoms with Crippen LogP contribution in [0.15, 0.2) is 67.3 Å². The van der Waals surface area contributed by atoms with Crippen molar-refractivity contribution in [3.63, 3.8) is 0 Å². The average molecular weight is 421 g/mol. The zero-order chi connectivity index (χ0) is 22.0. The highest BCUT2D eigenvalue weighted by Crippen LogP contribution is 2.39. The van der Waals surface area contributed by atoms with Gasteiger partial charge in [0.15, 0.2) is 0 Å². The molecule has 32 heavy (non-hydrogen) atoms. The quantitative estimate of drug-likeness (QED) is 0.436. The molecule has 0 spiro atoms. The molecule has 2 amide bonds. The van der Waals surface area contributed by atoms with E-state index in [1.165, 1.54) is 0 Å². The second-order valence-corrected chi connectivity index (χ2v) is 8.03. The van der Waals surface area contributed by atoms with Gasteiger partial charge in [-0.3, -0.25) is 14.9 Å². The van der Waals surface area contributed by atoms with Crippen molar-refractivity contribution in [3.8, 4) is 11.4 Å². The lowest BCUT2D eigenvalue weighted by molar-refractivity contribution is -0.122. The largest absolute Gasteiger partial charge is 0.350 e. The lowest BCUT2D eigenvalue weighted by Gasteiger charge is -2.04. The van der Waals surface area contributed by atoms with Gasteiger partial charge in [0.05, 0.1) is 11.1 Å². The highest BCUT2D eigenvalue weighted by Gasteiger charge is 2.35. The summed E-state index contributed by atoms with van der Waals surface area (Å²) in [6.45, 7) is 0. The molecule has 2 N–H and O–H groups in total. The van der Waals surface area contributed by atoms with Gasteiger partial charge in [-0.2, -0.15) is 0 Å². The lowest BCUT2D eigenvalue weighted by Crippen LogP contribution is -2.22. The zero-order valence-electron chi connectivity index (χ0n) is 17.5. The molecule has 5 aromatic rings. The number of nitrogens with zero attached hydrogens (tertiary/aromatic N) is 3. The number of rotatable bonds is 3. The topological polar surface area (TPSA) is 84.7 Å². The molecule has 3 aromatic heterocycles. The minimum atomic E-state index is -0.374. The lowest BCUT2D eigenvalue weighted by atomic mass is 9.95. The molecule has 1 aliphatic rings. The number of imide groups is 1. The van der Waals surface area contributed by atoms with Crippen LogP contribution in [0, 0.1) is 0 Å². The third kappa shape index (κ3) is 2.51. The van der Waals surface area contributed by atoms with Crippen LogP contribution in [0.2, 0.25) is 0 Å². The van der Waals surface area contributed by atoms with E-state index in [0.29, 0.717) is 11.1 Å². The molecule has 7 nitrogen and oxygen atoms in total. The molecule has 7 heteroatoms. The normalized spacial score (nSPS) is 14.2. The molecule has 0 fully saturated rings. The summed E-state index contributed by atoms with van der Waals surface area (Å²) >= 11 is 0. The number of hydrogen-bond acceptors (Lipinski definition) is 3. The minimum Gasteiger partial charge on any atom is -0.350 e. The van der Waals surface area contributed by atoms with Crippen LogP contribution in [0.1, 0.15) is 11.1 Å². The maximum Gasteiger partial charge on any atom is 0.259 e. The molecule has 0 saturated heterocycles. The molecule has 6 rings (SSSR count). The highest BCUT2D eigenvalue weighted by atomic mass is 16.2. The molecule has 0 atom stereocenters. The van der Waals surface area contributed by atoms with Gasteiger partial charge in [0.25, 0.3) is 11.8 Å². The van der Waals surface area contributed by atoms with E-state index >= 15 is 0 Å². The van der Waals surface area contributed by atoms with Crippen LogP contribution in [0.3, 0.4) is 0 Å². The van der Waals surface area contributed by atoms with Crippen molar-refractivity contribution in [2.45, 2.75) is 0 Å². The second-order valence-electron chi connectivity index (χ2n) is 8.03. The maximum absolute atomic E-state index is 13.0. The number of para-hydroxylation sites is 1. The van der Waals surface area contributed by atoms with Crippen molar-refractivity contribution >= 4 is 44.8 Å². The minimum absolute atomic E-state index is 0.370. The summed E-state index contributed by atoms with van der Waals surface area (Å²) in [6.07, 6.45) is 7.32. The Hall–Kier alpha value is -4.39. The summed E-state index contributed by atoms with van der Waals surface area (Å²) in [6, 6.07) is 13.9. The van der Waals surface area contributed by atoms with Crippen molar-refractivity contribution in [3.05, 3.63) is 78.4 Å². The van der Waals surface area contributed by atoms with Crippen LogP contribution in [-0.2, 0) is 23.7 Å². The van der Waals surface area contributed by atoms with Crippen LogP contribution in [0.4, 0.5) is 0 Å². The maximum atomic E-state index is 13.0. The number of carbonyl (C=O) groups is 2. The van der Waals surface area contributed by atoms with E-state index in [-0.39, 0.29) is 11.8 Å². The Morgan fingerprint density at radius 2 is 1.47 bits per heavy atom. The SMILES string of the molecule is Cn1cc(C2=C(c3cn(C)c4cc(-c5ncc[nH]5)ccc34)C(=O)NC2=O)c2ccccc21. The Morgan fingerprint density at radius 3 is 2.16 bits per heavy atom. The van der Waals surface area contributed by atoms with Gasteiger partial charge < -0.3 is 14.1 Å². The van der Waals surface area contributed by atoms with Crippen LogP contribution in [0.25, 0.3) is 44.3 Å². The standard InChI is InChI=1S/C25H19N5O2/c1-29-12-17(15-5-3-4-6-19(15)29)21-22(25(32)28-24(21)31)18-13-30(2)20-11-14(7-8-16(18)20)23-26-9-10-27-23/h3-13H,1-2H3,(H,26,27)(H,28,31,32). The van der Waals surface area contributed by atoms with Crippen LogP contribution in [-0.4, -0.2) is 30.9 Å². The van der Waals surface area contributed by atoms with Gasteiger partial charge in [-0.25, -0.2) is 4.98 Å². The van der Waals surface area contributed by atoms with E-state index < -0.39 is 0 Å². The van der Waals surface area contributed by atoms with Crippen LogP contribution in [0.5, 0.6) is 0 Å². The summed E-state index contributed by atoms with van der Waals surface area (Å²) in [5.41, 5.74) is 5.21. The van der Waals surface area contributed by atoms with Crippen LogP contribution >= 0.6 is 0 Å². The Kier molecular flexibility index (Phi) is 3.76. The predicted octanol–water partition coefficient (Wildman–Crippen LogP) is 3.63. The molecule has 0 saturated carbocycles. The number of fused-ring (bicyclic) bond motifs is 2. The summed E-state index contributed by atoms with van der Waals surface area (Å²) in [7, 11) is 3.87. The van der Waals surface area contributed by atoms with Gasteiger partial charge in [-0.05, 0) is 12.1 Å². The Labute approximate surface area is 183 Å². The molecule has 0 unspecified atom stereocenters. The Balaban J connectivity index is 1.62. The zero-order valence-corrected chi connectivity index (χ0v) is 17.5. The third-order valence-electron chi connectivity index (χ3n) is 6.13. The smallest absolute Gasteiger partial charge is 0.259 e. The van der Waals surface area contributed by atoms with Crippen molar-refractivity contribution in [2.24, 2.45) is 14.1 Å². The average Bonchev–Trinajstić information content (AvgIpc) is 3.55. The fourth-order valence-corrected chi connectivity index (χ4v) is 4.66. The molecule has 156 valence electrons. The fraction of sp³-hybridized carbons (Fsp3) is 0.0800. The monoisotopic (exact) mass is 421 g/mol. The van der Waals surface area contributed by atoms with E-state index in [9.17, 15) is 9.59 Å². The number of H-pyrrole nitrogens is 1. The molecule has 0 aliphatic carbocycles. The van der Waals surface area contributed by atoms with Gasteiger partial charge in [0.1, 0.15) is 5.82 Å². The van der Waals surface area contributed by atoms with Crippen molar-refractivity contribution in [2.75, 3.05) is 0 Å². The van der Waals surface area contributed by atoms with E-state index in [1.54, 1.807) is 12.4 Å². The molecular weight excluding hydrogens is 402 g/mol. The van der Waals surface area contributed by atoms with E-state index in [1.807, 2.05) is 78.1 Å². The first-order valence-electron chi connectivity index (χ1n) is 10.3. The fourth-order valence-electron chi connectivity index (χ4n) is 4.66. The highest BCUT2D eigenvalue weighted by molar-refractivity contribution is 6.50. The number of aromatic amines is 1. The van der Waals surface area contributed by atoms with E-state index in [2.05, 4.69) is 15.3 Å². The summed E-state index contributed by atoms with van der Waals surface area (Å²) in [5, 5.41) is 4.35. The number of nitrogens with one attached hydrogen (secondary N) is 2. The number of hydrogen-bond donors (Lipinski definition) is 2. The van der Waals surface area contributed by atoms with Crippen LogP contribution < -0.4 is 5.32 Å². The second kappa shape index (κ2) is 6.55. The van der Waals surface area contributed by atoms with Gasteiger partial charge in [-0.15, -0.1) is 0 Å². The molecule has 0 radical (unpaired) electrons. The number of aryl methyl sites for hydroxylation is 2. The number of benzene rings is 2. The molecule has 1 aliphatic heterocycles. The third-order valence-corrected chi connectivity index (χ3v) is 6.13. The summed E-state index contributed by atoms with van der Waals surface area (Å²) < 4.78 is 3.95. The van der Waals surface area contributed by atoms with Crippen molar-refractivity contribution in [1.82, 2.24) is 24.4 Å². The first-order valence-corrected chi connectivity index (χ1v) is 10.3. The number of imidazole rings is 1. The summed E-state index contributed by atoms with van der Waals surface area (Å²) in [4.78, 5) is 33.4. The van der Waals surface area contributed by atoms with E-state index in [0.717, 1.165) is 44.3 Å². The van der Waals surface area contributed by atoms with Crippen molar-refractivity contribution < 1.29 is 9.59 Å². The van der Waals surface area contributed by atoms with Gasteiger partial charge in [0, 0.05) is 77.4 Å². The molecule has 0 bridgehead atoms. The number of aromatic nitrogens is 4.